The zero-order valence-corrected chi connectivity index (χ0v) is 26.6. The van der Waals surface area contributed by atoms with E-state index in [1.807, 2.05) is 18.2 Å². The summed E-state index contributed by atoms with van der Waals surface area (Å²) >= 11 is 0. The Hall–Kier alpha value is -6.12. The van der Waals surface area contributed by atoms with E-state index in [1.165, 1.54) is 32.7 Å². The second kappa shape index (κ2) is 13.1. The van der Waals surface area contributed by atoms with Crippen molar-refractivity contribution in [3.05, 3.63) is 195 Å². The Bertz CT molecular complexity index is 2210. The van der Waals surface area contributed by atoms with Crippen LogP contribution in [0.5, 0.6) is 0 Å². The van der Waals surface area contributed by atoms with Gasteiger partial charge in [-0.3, -0.25) is 0 Å². The van der Waals surface area contributed by atoms with Crippen molar-refractivity contribution in [2.75, 3.05) is 16.8 Å². The molecule has 0 atom stereocenters. The molecule has 0 aliphatic heterocycles. The Labute approximate surface area is 277 Å². The van der Waals surface area contributed by atoms with Crippen LogP contribution in [-0.4, -0.2) is 7.05 Å². The van der Waals surface area contributed by atoms with E-state index >= 15 is 0 Å². The molecule has 0 bridgehead atoms. The maximum Gasteiger partial charge on any atom is 0.0462 e. The normalized spacial score (nSPS) is 11.4. The van der Waals surface area contributed by atoms with Crippen LogP contribution in [0.25, 0.3) is 38.2 Å². The number of hydrogen-bond donors (Lipinski definition) is 0. The lowest BCUT2D eigenvalue weighted by atomic mass is 10.0. The maximum absolute atomic E-state index is 3.96. The number of hydrogen-bond acceptors (Lipinski definition) is 2. The molecule has 0 aliphatic carbocycles. The Balaban J connectivity index is 1.13. The van der Waals surface area contributed by atoms with Gasteiger partial charge in [0.25, 0.3) is 0 Å². The summed E-state index contributed by atoms with van der Waals surface area (Å²) in [4.78, 5) is 4.53. The quantitative estimate of drug-likeness (QED) is 0.119. The highest BCUT2D eigenvalue weighted by Crippen LogP contribution is 2.37. The third-order valence-electron chi connectivity index (χ3n) is 8.78. The van der Waals surface area contributed by atoms with E-state index in [1.54, 1.807) is 6.08 Å². The van der Waals surface area contributed by atoms with Crippen molar-refractivity contribution in [3.63, 3.8) is 0 Å². The molecular formula is C45H36N2. The lowest BCUT2D eigenvalue weighted by Gasteiger charge is -2.26. The fourth-order valence-electron chi connectivity index (χ4n) is 6.20. The minimum absolute atomic E-state index is 1.05. The van der Waals surface area contributed by atoms with Crippen LogP contribution in [0.2, 0.25) is 0 Å². The Morgan fingerprint density at radius 3 is 1.55 bits per heavy atom. The highest BCUT2D eigenvalue weighted by Gasteiger charge is 2.13. The molecule has 0 aromatic heterocycles. The summed E-state index contributed by atoms with van der Waals surface area (Å²) in [6, 6.07) is 56.4. The lowest BCUT2D eigenvalue weighted by molar-refractivity contribution is 1.21. The van der Waals surface area contributed by atoms with Gasteiger partial charge in [0.05, 0.1) is 0 Å². The Morgan fingerprint density at radius 1 is 0.468 bits per heavy atom. The smallest absolute Gasteiger partial charge is 0.0462 e. The second-order valence-electron chi connectivity index (χ2n) is 11.7. The summed E-state index contributed by atoms with van der Waals surface area (Å²) in [5, 5.41) is 5.03. The van der Waals surface area contributed by atoms with Crippen LogP contribution in [0, 0.1) is 0 Å². The molecule has 0 saturated carbocycles. The highest BCUT2D eigenvalue weighted by molar-refractivity contribution is 5.99. The van der Waals surface area contributed by atoms with Crippen LogP contribution in [0.1, 0.15) is 5.56 Å². The number of rotatable bonds is 9. The number of fused-ring (bicyclic) bond motifs is 2. The number of para-hydroxylation sites is 1. The van der Waals surface area contributed by atoms with Crippen molar-refractivity contribution in [3.8, 4) is 11.1 Å². The minimum atomic E-state index is 1.05. The van der Waals surface area contributed by atoms with Crippen molar-refractivity contribution >= 4 is 55.6 Å². The van der Waals surface area contributed by atoms with Gasteiger partial charge < -0.3 is 9.80 Å². The topological polar surface area (TPSA) is 6.48 Å². The van der Waals surface area contributed by atoms with E-state index < -0.39 is 0 Å². The molecule has 0 radical (unpaired) electrons. The SMILES string of the molecule is C=C/C=C(\C=C)c1ccc(N(c2ccccc2)c2ccc(-c3ccc(N(C)c4ccc5cc6ccccc6cc5c4)cc3)cc2)cc1. The molecule has 0 amide bonds. The van der Waals surface area contributed by atoms with Gasteiger partial charge in [0.15, 0.2) is 0 Å². The first-order valence-electron chi connectivity index (χ1n) is 15.9. The van der Waals surface area contributed by atoms with Crippen molar-refractivity contribution in [1.29, 1.82) is 0 Å². The summed E-state index contributed by atoms with van der Waals surface area (Å²) < 4.78 is 0. The van der Waals surface area contributed by atoms with E-state index in [-0.39, 0.29) is 0 Å². The van der Waals surface area contributed by atoms with E-state index in [2.05, 4.69) is 182 Å². The van der Waals surface area contributed by atoms with Gasteiger partial charge in [0.2, 0.25) is 0 Å². The summed E-state index contributed by atoms with van der Waals surface area (Å²) in [5.41, 5.74) is 10.1. The van der Waals surface area contributed by atoms with Crippen molar-refractivity contribution < 1.29 is 0 Å². The molecule has 0 unspecified atom stereocenters. The van der Waals surface area contributed by atoms with Gasteiger partial charge in [-0.05, 0) is 117 Å². The molecule has 0 fully saturated rings. The zero-order valence-electron chi connectivity index (χ0n) is 26.6. The molecular weight excluding hydrogens is 569 g/mol. The van der Waals surface area contributed by atoms with E-state index in [0.29, 0.717) is 0 Å². The van der Waals surface area contributed by atoms with Gasteiger partial charge in [0, 0.05) is 35.5 Å². The first-order chi connectivity index (χ1) is 23.1. The van der Waals surface area contributed by atoms with Crippen LogP contribution >= 0.6 is 0 Å². The summed E-state index contributed by atoms with van der Waals surface area (Å²) in [5.74, 6) is 0. The Morgan fingerprint density at radius 2 is 0.957 bits per heavy atom. The van der Waals surface area contributed by atoms with Gasteiger partial charge >= 0.3 is 0 Å². The molecule has 7 aromatic rings. The third-order valence-corrected chi connectivity index (χ3v) is 8.78. The average molecular weight is 605 g/mol. The maximum atomic E-state index is 3.96. The summed E-state index contributed by atoms with van der Waals surface area (Å²) in [6.07, 6.45) is 5.63. The van der Waals surface area contributed by atoms with Crippen molar-refractivity contribution in [2.45, 2.75) is 0 Å². The van der Waals surface area contributed by atoms with Crippen LogP contribution in [0.3, 0.4) is 0 Å². The average Bonchev–Trinajstić information content (AvgIpc) is 3.14. The third kappa shape index (κ3) is 6.10. The molecule has 7 aromatic carbocycles. The number of benzene rings is 7. The molecule has 226 valence electrons. The molecule has 0 saturated heterocycles. The molecule has 0 aliphatic rings. The molecule has 0 N–H and O–H groups in total. The predicted molar refractivity (Wildman–Crippen MR) is 204 cm³/mol. The van der Waals surface area contributed by atoms with Gasteiger partial charge in [-0.25, -0.2) is 0 Å². The van der Waals surface area contributed by atoms with Gasteiger partial charge in [-0.15, -0.1) is 0 Å². The lowest BCUT2D eigenvalue weighted by Crippen LogP contribution is -2.09. The van der Waals surface area contributed by atoms with Crippen molar-refractivity contribution in [2.24, 2.45) is 0 Å². The van der Waals surface area contributed by atoms with Gasteiger partial charge in [0.1, 0.15) is 0 Å². The molecule has 0 spiro atoms. The van der Waals surface area contributed by atoms with Crippen LogP contribution in [-0.2, 0) is 0 Å². The fraction of sp³-hybridized carbons (Fsp3) is 0.0222. The molecule has 0 heterocycles. The molecule has 7 rings (SSSR count). The number of anilines is 5. The summed E-state index contributed by atoms with van der Waals surface area (Å²) in [6.45, 7) is 7.79. The second-order valence-corrected chi connectivity index (χ2v) is 11.7. The predicted octanol–water partition coefficient (Wildman–Crippen LogP) is 12.7. The van der Waals surface area contributed by atoms with E-state index in [0.717, 1.165) is 39.6 Å². The molecule has 2 nitrogen and oxygen atoms in total. The standard InChI is InChI=1S/C45H36N2/c1-4-11-33(5-2)34-18-25-43(26-19-34)47(42-14-7-6-8-15-42)44-27-20-36(21-28-44)35-16-23-41(24-17-35)46(3)45-29-22-39-30-37-12-9-10-13-38(37)31-40(39)32-45/h4-32H,1-2H2,3H3/b33-11+. The Kier molecular flexibility index (Phi) is 8.24. The van der Waals surface area contributed by atoms with Crippen LogP contribution < -0.4 is 9.80 Å². The van der Waals surface area contributed by atoms with Gasteiger partial charge in [-0.1, -0.05) is 116 Å². The monoisotopic (exact) mass is 604 g/mol. The molecule has 2 heteroatoms. The van der Waals surface area contributed by atoms with Crippen LogP contribution in [0.4, 0.5) is 28.4 Å². The van der Waals surface area contributed by atoms with Crippen molar-refractivity contribution in [1.82, 2.24) is 0 Å². The zero-order chi connectivity index (χ0) is 32.2. The van der Waals surface area contributed by atoms with E-state index in [9.17, 15) is 0 Å². The largest absolute Gasteiger partial charge is 0.345 e. The number of allylic oxidation sites excluding steroid dienone is 4. The highest BCUT2D eigenvalue weighted by atomic mass is 15.1. The first kappa shape index (κ1) is 29.6. The van der Waals surface area contributed by atoms with Gasteiger partial charge in [-0.2, -0.15) is 0 Å². The summed E-state index contributed by atoms with van der Waals surface area (Å²) in [7, 11) is 2.13. The minimum Gasteiger partial charge on any atom is -0.345 e. The molecule has 47 heavy (non-hydrogen) atoms. The van der Waals surface area contributed by atoms with Crippen LogP contribution in [0.15, 0.2) is 189 Å². The number of nitrogens with zero attached hydrogens (tertiary/aromatic N) is 2. The first-order valence-corrected chi connectivity index (χ1v) is 15.9. The van der Waals surface area contributed by atoms with E-state index in [4.69, 9.17) is 0 Å². The fourth-order valence-corrected chi connectivity index (χ4v) is 6.20.